The SMILES string of the molecule is Clc1ccc2c(NCCNCCCN3CCN(c4ccnc5cc(Cl)ccc45)CC3)ccnc2c1. The Morgan fingerprint density at radius 2 is 1.43 bits per heavy atom. The van der Waals surface area contributed by atoms with Crippen LogP contribution in [0.4, 0.5) is 11.4 Å². The third kappa shape index (κ3) is 5.96. The number of anilines is 2. The fourth-order valence-corrected chi connectivity index (χ4v) is 5.04. The molecule has 2 aromatic heterocycles. The summed E-state index contributed by atoms with van der Waals surface area (Å²) in [5, 5.41) is 10.8. The molecule has 8 heteroatoms. The van der Waals surface area contributed by atoms with Crippen molar-refractivity contribution in [1.29, 1.82) is 0 Å². The van der Waals surface area contributed by atoms with Crippen molar-refractivity contribution >= 4 is 56.4 Å². The van der Waals surface area contributed by atoms with Gasteiger partial charge in [-0.25, -0.2) is 0 Å². The summed E-state index contributed by atoms with van der Waals surface area (Å²) >= 11 is 12.2. The van der Waals surface area contributed by atoms with Crippen LogP contribution in [0.1, 0.15) is 6.42 Å². The lowest BCUT2D eigenvalue weighted by atomic mass is 10.1. The number of benzene rings is 2. The number of nitrogens with one attached hydrogen (secondary N) is 2. The minimum Gasteiger partial charge on any atom is -0.383 e. The number of rotatable bonds is 9. The normalized spacial score (nSPS) is 14.6. The first-order valence-electron chi connectivity index (χ1n) is 12.2. The van der Waals surface area contributed by atoms with Gasteiger partial charge in [-0.15, -0.1) is 0 Å². The van der Waals surface area contributed by atoms with Crippen molar-refractivity contribution in [3.05, 3.63) is 71.0 Å². The quantitative estimate of drug-likeness (QED) is 0.299. The van der Waals surface area contributed by atoms with E-state index in [9.17, 15) is 0 Å². The number of hydrogen-bond donors (Lipinski definition) is 2. The largest absolute Gasteiger partial charge is 0.383 e. The summed E-state index contributed by atoms with van der Waals surface area (Å²) in [4.78, 5) is 13.9. The lowest BCUT2D eigenvalue weighted by Gasteiger charge is -2.36. The van der Waals surface area contributed by atoms with E-state index in [1.165, 1.54) is 11.1 Å². The molecule has 4 aromatic rings. The topological polar surface area (TPSA) is 56.3 Å². The molecule has 0 unspecified atom stereocenters. The van der Waals surface area contributed by atoms with Crippen molar-refractivity contribution in [3.8, 4) is 0 Å². The summed E-state index contributed by atoms with van der Waals surface area (Å²) in [7, 11) is 0. The standard InChI is InChI=1S/C27H30Cl2N6/c28-20-2-4-22-24(6-9-31-25(22)18-20)33-12-11-30-8-1-13-34-14-16-35(17-15-34)27-7-10-32-26-19-21(29)3-5-23(26)27/h2-7,9-10,18-19,30H,1,8,11-17H2,(H,31,33). The van der Waals surface area contributed by atoms with Crippen LogP contribution in [-0.4, -0.2) is 67.2 Å². The Bertz CT molecular complexity index is 1290. The van der Waals surface area contributed by atoms with E-state index in [4.69, 9.17) is 23.2 Å². The average molecular weight is 509 g/mol. The fraction of sp³-hybridized carbons (Fsp3) is 0.333. The Labute approximate surface area is 216 Å². The molecule has 0 atom stereocenters. The number of nitrogens with zero attached hydrogens (tertiary/aromatic N) is 4. The summed E-state index contributed by atoms with van der Waals surface area (Å²) < 4.78 is 0. The minimum absolute atomic E-state index is 0.710. The van der Waals surface area contributed by atoms with Crippen molar-refractivity contribution in [3.63, 3.8) is 0 Å². The zero-order chi connectivity index (χ0) is 24.0. The van der Waals surface area contributed by atoms with E-state index in [-0.39, 0.29) is 0 Å². The molecule has 5 rings (SSSR count). The van der Waals surface area contributed by atoms with Crippen molar-refractivity contribution in [1.82, 2.24) is 20.2 Å². The van der Waals surface area contributed by atoms with E-state index in [0.29, 0.717) is 5.02 Å². The zero-order valence-electron chi connectivity index (χ0n) is 19.7. The van der Waals surface area contributed by atoms with Crippen LogP contribution in [-0.2, 0) is 0 Å². The second-order valence-corrected chi connectivity index (χ2v) is 9.74. The molecule has 0 bridgehead atoms. The number of piperazine rings is 1. The first-order valence-corrected chi connectivity index (χ1v) is 12.9. The minimum atomic E-state index is 0.710. The average Bonchev–Trinajstić information content (AvgIpc) is 2.88. The Hall–Kier alpha value is -2.64. The fourth-order valence-electron chi connectivity index (χ4n) is 4.71. The summed E-state index contributed by atoms with van der Waals surface area (Å²) in [5.41, 5.74) is 4.22. The molecule has 1 aliphatic heterocycles. The van der Waals surface area contributed by atoms with Gasteiger partial charge < -0.3 is 15.5 Å². The van der Waals surface area contributed by atoms with Crippen LogP contribution in [0.15, 0.2) is 60.9 Å². The number of pyridine rings is 2. The third-order valence-electron chi connectivity index (χ3n) is 6.54. The van der Waals surface area contributed by atoms with E-state index in [0.717, 1.165) is 85.9 Å². The van der Waals surface area contributed by atoms with Crippen molar-refractivity contribution < 1.29 is 0 Å². The van der Waals surface area contributed by atoms with E-state index in [1.54, 1.807) is 0 Å². The van der Waals surface area contributed by atoms with E-state index < -0.39 is 0 Å². The number of hydrogen-bond acceptors (Lipinski definition) is 6. The maximum atomic E-state index is 6.14. The van der Waals surface area contributed by atoms with Crippen molar-refractivity contribution in [2.75, 3.05) is 62.6 Å². The van der Waals surface area contributed by atoms with Gasteiger partial charge in [0, 0.05) is 83.9 Å². The van der Waals surface area contributed by atoms with Gasteiger partial charge in [-0.3, -0.25) is 14.9 Å². The van der Waals surface area contributed by atoms with Crippen molar-refractivity contribution in [2.24, 2.45) is 0 Å². The van der Waals surface area contributed by atoms with Crippen LogP contribution in [0.5, 0.6) is 0 Å². The molecule has 0 radical (unpaired) electrons. The van der Waals surface area contributed by atoms with Crippen LogP contribution in [0.3, 0.4) is 0 Å². The first-order chi connectivity index (χ1) is 17.2. The van der Waals surface area contributed by atoms with Crippen molar-refractivity contribution in [2.45, 2.75) is 6.42 Å². The molecule has 6 nitrogen and oxygen atoms in total. The zero-order valence-corrected chi connectivity index (χ0v) is 21.2. The Morgan fingerprint density at radius 1 is 0.743 bits per heavy atom. The molecule has 0 spiro atoms. The number of halogens is 2. The van der Waals surface area contributed by atoms with Gasteiger partial charge in [-0.05, 0) is 68.0 Å². The van der Waals surface area contributed by atoms with Gasteiger partial charge in [-0.2, -0.15) is 0 Å². The van der Waals surface area contributed by atoms with E-state index >= 15 is 0 Å². The van der Waals surface area contributed by atoms with Gasteiger partial charge in [0.2, 0.25) is 0 Å². The lowest BCUT2D eigenvalue weighted by Crippen LogP contribution is -2.47. The van der Waals surface area contributed by atoms with Crippen LogP contribution in [0.2, 0.25) is 10.0 Å². The molecular weight excluding hydrogens is 479 g/mol. The maximum Gasteiger partial charge on any atom is 0.0737 e. The second kappa shape index (κ2) is 11.4. The molecular formula is C27H30Cl2N6. The molecule has 0 amide bonds. The van der Waals surface area contributed by atoms with Crippen LogP contribution in [0, 0.1) is 0 Å². The predicted octanol–water partition coefficient (Wildman–Crippen LogP) is 5.30. The van der Waals surface area contributed by atoms with Gasteiger partial charge >= 0.3 is 0 Å². The van der Waals surface area contributed by atoms with Gasteiger partial charge in [0.05, 0.1) is 11.0 Å². The molecule has 35 heavy (non-hydrogen) atoms. The monoisotopic (exact) mass is 508 g/mol. The summed E-state index contributed by atoms with van der Waals surface area (Å²) in [5.74, 6) is 0. The van der Waals surface area contributed by atoms with Gasteiger partial charge in [0.1, 0.15) is 0 Å². The van der Waals surface area contributed by atoms with Gasteiger partial charge in [0.25, 0.3) is 0 Å². The van der Waals surface area contributed by atoms with E-state index in [2.05, 4.69) is 42.5 Å². The van der Waals surface area contributed by atoms with E-state index in [1.807, 2.05) is 48.8 Å². The highest BCUT2D eigenvalue weighted by Crippen LogP contribution is 2.28. The van der Waals surface area contributed by atoms with Crippen LogP contribution < -0.4 is 15.5 Å². The summed E-state index contributed by atoms with van der Waals surface area (Å²) in [6, 6.07) is 15.9. The predicted molar refractivity (Wildman–Crippen MR) is 148 cm³/mol. The highest BCUT2D eigenvalue weighted by molar-refractivity contribution is 6.31. The summed E-state index contributed by atoms with van der Waals surface area (Å²) in [6.45, 7) is 8.15. The molecule has 0 aliphatic carbocycles. The molecule has 1 aliphatic rings. The lowest BCUT2D eigenvalue weighted by molar-refractivity contribution is 0.254. The Kier molecular flexibility index (Phi) is 7.84. The third-order valence-corrected chi connectivity index (χ3v) is 7.01. The Balaban J connectivity index is 1.01. The van der Waals surface area contributed by atoms with Gasteiger partial charge in [0.15, 0.2) is 0 Å². The molecule has 182 valence electrons. The Morgan fingerprint density at radius 3 is 2.20 bits per heavy atom. The molecule has 2 aromatic carbocycles. The van der Waals surface area contributed by atoms with Gasteiger partial charge in [-0.1, -0.05) is 23.2 Å². The maximum absolute atomic E-state index is 6.14. The molecule has 2 N–H and O–H groups in total. The molecule has 1 saturated heterocycles. The number of fused-ring (bicyclic) bond motifs is 2. The molecule has 1 fully saturated rings. The highest BCUT2D eigenvalue weighted by Gasteiger charge is 2.18. The molecule has 3 heterocycles. The number of aromatic nitrogens is 2. The first kappa shape index (κ1) is 24.1. The second-order valence-electron chi connectivity index (χ2n) is 8.87. The highest BCUT2D eigenvalue weighted by atomic mass is 35.5. The van der Waals surface area contributed by atoms with Crippen LogP contribution in [0.25, 0.3) is 21.8 Å². The van der Waals surface area contributed by atoms with Crippen LogP contribution >= 0.6 is 23.2 Å². The smallest absolute Gasteiger partial charge is 0.0737 e. The molecule has 0 saturated carbocycles. The summed E-state index contributed by atoms with van der Waals surface area (Å²) in [6.07, 6.45) is 4.85.